The number of anilines is 1. The van der Waals surface area contributed by atoms with Crippen LogP contribution in [0.15, 0.2) is 9.59 Å². The van der Waals surface area contributed by atoms with Gasteiger partial charge in [-0.3, -0.25) is 13.9 Å². The molecule has 0 bridgehead atoms. The van der Waals surface area contributed by atoms with Gasteiger partial charge in [-0.25, -0.2) is 4.79 Å². The number of aromatic nitrogens is 4. The van der Waals surface area contributed by atoms with Crippen molar-refractivity contribution in [3.63, 3.8) is 0 Å². The largest absolute Gasteiger partial charge is 0.354 e. The van der Waals surface area contributed by atoms with Crippen molar-refractivity contribution < 1.29 is 0 Å². The van der Waals surface area contributed by atoms with E-state index in [0.717, 1.165) is 4.57 Å². The fraction of sp³-hybridized carbons (Fsp3) is 0.583. The lowest BCUT2D eigenvalue weighted by molar-refractivity contribution is 0.510. The highest BCUT2D eigenvalue weighted by atomic mass is 16.2. The van der Waals surface area contributed by atoms with E-state index >= 15 is 0 Å². The van der Waals surface area contributed by atoms with E-state index in [1.807, 2.05) is 13.8 Å². The quantitative estimate of drug-likeness (QED) is 0.689. The summed E-state index contributed by atoms with van der Waals surface area (Å²) in [6.45, 7) is 4.60. The van der Waals surface area contributed by atoms with Crippen LogP contribution in [-0.4, -0.2) is 31.7 Å². The molecule has 0 amide bonds. The van der Waals surface area contributed by atoms with Crippen molar-refractivity contribution in [3.8, 4) is 0 Å². The van der Waals surface area contributed by atoms with Crippen LogP contribution in [0, 0.1) is 5.92 Å². The molecule has 2 rings (SSSR count). The SMILES string of the molecule is CC(C)C(N)CNc1nc2c([nH]1)c(=O)n(C)c(=O)n2C. The first kappa shape index (κ1) is 14.3. The highest BCUT2D eigenvalue weighted by Gasteiger charge is 2.14. The summed E-state index contributed by atoms with van der Waals surface area (Å²) in [5, 5.41) is 3.05. The van der Waals surface area contributed by atoms with E-state index in [9.17, 15) is 9.59 Å². The molecule has 2 heterocycles. The molecule has 8 nitrogen and oxygen atoms in total. The summed E-state index contributed by atoms with van der Waals surface area (Å²) < 4.78 is 2.38. The van der Waals surface area contributed by atoms with Crippen molar-refractivity contribution in [1.29, 1.82) is 0 Å². The smallest absolute Gasteiger partial charge is 0.332 e. The normalized spacial score (nSPS) is 13.1. The van der Waals surface area contributed by atoms with Gasteiger partial charge in [-0.15, -0.1) is 0 Å². The van der Waals surface area contributed by atoms with Crippen LogP contribution in [-0.2, 0) is 14.1 Å². The molecule has 1 atom stereocenters. The lowest BCUT2D eigenvalue weighted by Crippen LogP contribution is -2.36. The molecule has 0 aliphatic heterocycles. The summed E-state index contributed by atoms with van der Waals surface area (Å²) >= 11 is 0. The molecule has 20 heavy (non-hydrogen) atoms. The molecule has 0 spiro atoms. The molecule has 0 aromatic carbocycles. The summed E-state index contributed by atoms with van der Waals surface area (Å²) in [5.74, 6) is 0.776. The zero-order valence-corrected chi connectivity index (χ0v) is 12.1. The molecular formula is C12H20N6O2. The number of rotatable bonds is 4. The van der Waals surface area contributed by atoms with Gasteiger partial charge in [0.2, 0.25) is 5.95 Å². The molecule has 8 heteroatoms. The van der Waals surface area contributed by atoms with Gasteiger partial charge in [0.05, 0.1) is 0 Å². The van der Waals surface area contributed by atoms with Crippen molar-refractivity contribution in [2.75, 3.05) is 11.9 Å². The molecule has 1 unspecified atom stereocenters. The Morgan fingerprint density at radius 1 is 1.30 bits per heavy atom. The van der Waals surface area contributed by atoms with Crippen LogP contribution in [0.3, 0.4) is 0 Å². The van der Waals surface area contributed by atoms with E-state index in [4.69, 9.17) is 5.73 Å². The Balaban J connectivity index is 2.40. The molecule has 2 aromatic rings. The Bertz CT molecular complexity index is 739. The Morgan fingerprint density at radius 2 is 1.95 bits per heavy atom. The summed E-state index contributed by atoms with van der Waals surface area (Å²) in [6, 6.07) is -0.0186. The number of hydrogen-bond acceptors (Lipinski definition) is 5. The molecule has 0 saturated heterocycles. The van der Waals surface area contributed by atoms with Gasteiger partial charge >= 0.3 is 5.69 Å². The number of aromatic amines is 1. The predicted octanol–water partition coefficient (Wildman–Crippen LogP) is -0.644. The minimum Gasteiger partial charge on any atom is -0.354 e. The second-order valence-electron chi connectivity index (χ2n) is 5.28. The first-order chi connectivity index (χ1) is 9.32. The number of nitrogens with two attached hydrogens (primary N) is 1. The van der Waals surface area contributed by atoms with E-state index < -0.39 is 11.2 Å². The number of imidazole rings is 1. The zero-order chi connectivity index (χ0) is 15.0. The van der Waals surface area contributed by atoms with Gasteiger partial charge in [0, 0.05) is 26.7 Å². The number of H-pyrrole nitrogens is 1. The van der Waals surface area contributed by atoms with Gasteiger partial charge in [-0.05, 0) is 5.92 Å². The van der Waals surface area contributed by atoms with Crippen LogP contribution >= 0.6 is 0 Å². The monoisotopic (exact) mass is 280 g/mol. The van der Waals surface area contributed by atoms with Gasteiger partial charge in [0.25, 0.3) is 5.56 Å². The topological polar surface area (TPSA) is 111 Å². The first-order valence-corrected chi connectivity index (χ1v) is 6.48. The Morgan fingerprint density at radius 3 is 2.55 bits per heavy atom. The number of nitrogens with zero attached hydrogens (tertiary/aromatic N) is 3. The summed E-state index contributed by atoms with van der Waals surface area (Å²) in [4.78, 5) is 30.9. The van der Waals surface area contributed by atoms with E-state index in [0.29, 0.717) is 29.6 Å². The second kappa shape index (κ2) is 5.12. The lowest BCUT2D eigenvalue weighted by atomic mass is 10.1. The summed E-state index contributed by atoms with van der Waals surface area (Å²) in [6.07, 6.45) is 0. The van der Waals surface area contributed by atoms with Crippen LogP contribution in [0.1, 0.15) is 13.8 Å². The average Bonchev–Trinajstić information content (AvgIpc) is 2.84. The number of aryl methyl sites for hydroxylation is 1. The standard InChI is InChI=1S/C12H20N6O2/c1-6(2)7(13)5-14-11-15-8-9(16-11)17(3)12(20)18(4)10(8)19/h6-7H,5,13H2,1-4H3,(H2,14,15,16). The van der Waals surface area contributed by atoms with E-state index in [-0.39, 0.29) is 6.04 Å². The minimum atomic E-state index is -0.403. The van der Waals surface area contributed by atoms with E-state index in [1.165, 1.54) is 11.6 Å². The van der Waals surface area contributed by atoms with Gasteiger partial charge in [-0.1, -0.05) is 13.8 Å². The van der Waals surface area contributed by atoms with Crippen molar-refractivity contribution in [2.24, 2.45) is 25.7 Å². The van der Waals surface area contributed by atoms with Crippen molar-refractivity contribution >= 4 is 17.1 Å². The number of nitrogens with one attached hydrogen (secondary N) is 2. The molecule has 110 valence electrons. The van der Waals surface area contributed by atoms with Crippen molar-refractivity contribution in [1.82, 2.24) is 19.1 Å². The average molecular weight is 280 g/mol. The molecule has 0 radical (unpaired) electrons. The van der Waals surface area contributed by atoms with Gasteiger partial charge in [-0.2, -0.15) is 4.98 Å². The van der Waals surface area contributed by atoms with Gasteiger partial charge in [0.15, 0.2) is 11.2 Å². The molecule has 0 saturated carbocycles. The summed E-state index contributed by atoms with van der Waals surface area (Å²) in [5.41, 5.74) is 5.78. The van der Waals surface area contributed by atoms with Crippen molar-refractivity contribution in [3.05, 3.63) is 20.8 Å². The highest BCUT2D eigenvalue weighted by molar-refractivity contribution is 5.72. The number of fused-ring (bicyclic) bond motifs is 1. The number of hydrogen-bond donors (Lipinski definition) is 3. The predicted molar refractivity (Wildman–Crippen MR) is 77.9 cm³/mol. The van der Waals surface area contributed by atoms with Crippen LogP contribution < -0.4 is 22.3 Å². The minimum absolute atomic E-state index is 0.0186. The van der Waals surface area contributed by atoms with E-state index in [1.54, 1.807) is 7.05 Å². The first-order valence-electron chi connectivity index (χ1n) is 6.48. The van der Waals surface area contributed by atoms with E-state index in [2.05, 4.69) is 15.3 Å². The Labute approximate surface area is 115 Å². The maximum atomic E-state index is 12.0. The molecule has 0 aliphatic rings. The molecule has 4 N–H and O–H groups in total. The van der Waals surface area contributed by atoms with Gasteiger partial charge < -0.3 is 16.0 Å². The Hall–Kier alpha value is -2.09. The lowest BCUT2D eigenvalue weighted by Gasteiger charge is -2.15. The van der Waals surface area contributed by atoms with Crippen LogP contribution in [0.5, 0.6) is 0 Å². The van der Waals surface area contributed by atoms with Crippen molar-refractivity contribution in [2.45, 2.75) is 19.9 Å². The second-order valence-corrected chi connectivity index (χ2v) is 5.28. The fourth-order valence-corrected chi connectivity index (χ4v) is 1.86. The van der Waals surface area contributed by atoms with Gasteiger partial charge in [0.1, 0.15) is 0 Å². The maximum Gasteiger partial charge on any atom is 0.332 e. The van der Waals surface area contributed by atoms with Crippen LogP contribution in [0.4, 0.5) is 5.95 Å². The maximum absolute atomic E-state index is 12.0. The highest BCUT2D eigenvalue weighted by Crippen LogP contribution is 2.08. The summed E-state index contributed by atoms with van der Waals surface area (Å²) in [7, 11) is 3.02. The third kappa shape index (κ3) is 2.34. The molecule has 0 fully saturated rings. The third-order valence-corrected chi connectivity index (χ3v) is 3.46. The molecule has 2 aromatic heterocycles. The fourth-order valence-electron chi connectivity index (χ4n) is 1.86. The molecular weight excluding hydrogens is 260 g/mol. The van der Waals surface area contributed by atoms with Crippen LogP contribution in [0.2, 0.25) is 0 Å². The molecule has 0 aliphatic carbocycles. The van der Waals surface area contributed by atoms with Crippen LogP contribution in [0.25, 0.3) is 11.2 Å². The Kier molecular flexibility index (Phi) is 3.67. The third-order valence-electron chi connectivity index (χ3n) is 3.46. The zero-order valence-electron chi connectivity index (χ0n) is 12.1.